The van der Waals surface area contributed by atoms with E-state index in [-0.39, 0.29) is 0 Å². The molecule has 1 aliphatic rings. The lowest BCUT2D eigenvalue weighted by molar-refractivity contribution is 0.705. The molecule has 2 aromatic rings. The van der Waals surface area contributed by atoms with Gasteiger partial charge in [0.05, 0.1) is 11.4 Å². The summed E-state index contributed by atoms with van der Waals surface area (Å²) in [5.74, 6) is 1.70. The van der Waals surface area contributed by atoms with Gasteiger partial charge in [-0.25, -0.2) is 14.6 Å². The van der Waals surface area contributed by atoms with Crippen LogP contribution in [-0.4, -0.2) is 24.3 Å². The van der Waals surface area contributed by atoms with Gasteiger partial charge < -0.3 is 9.88 Å². The molecule has 0 radical (unpaired) electrons. The van der Waals surface area contributed by atoms with Crippen LogP contribution in [-0.2, 0) is 27.2 Å². The molecule has 2 aromatic heterocycles. The highest BCUT2D eigenvalue weighted by Crippen LogP contribution is 2.21. The molecule has 0 atom stereocenters. The van der Waals surface area contributed by atoms with Crippen molar-refractivity contribution in [3.63, 3.8) is 0 Å². The Bertz CT molecular complexity index is 509. The monoisotopic (exact) mass is 204 g/mol. The Morgan fingerprint density at radius 2 is 2.13 bits per heavy atom. The topological polar surface area (TPSA) is 60.6 Å². The molecule has 0 saturated carbocycles. The second-order valence-electron chi connectivity index (χ2n) is 3.70. The number of hydrogen-bond donors (Lipinski definition) is 1. The van der Waals surface area contributed by atoms with Gasteiger partial charge in [0.15, 0.2) is 11.6 Å². The first-order valence-electron chi connectivity index (χ1n) is 4.87. The van der Waals surface area contributed by atoms with Gasteiger partial charge in [-0.2, -0.15) is 5.10 Å². The molecule has 0 spiro atoms. The minimum absolute atomic E-state index is 0.812. The molecule has 0 aromatic carbocycles. The summed E-state index contributed by atoms with van der Waals surface area (Å²) in [6, 6.07) is 0. The van der Waals surface area contributed by atoms with Gasteiger partial charge in [-0.05, 0) is 0 Å². The SMILES string of the molecule is Cn1ncnc1-c1nc2c(n1C)CNC2. The van der Waals surface area contributed by atoms with Crippen molar-refractivity contribution in [2.45, 2.75) is 13.1 Å². The zero-order valence-corrected chi connectivity index (χ0v) is 8.73. The van der Waals surface area contributed by atoms with Gasteiger partial charge in [0.25, 0.3) is 0 Å². The third-order valence-electron chi connectivity index (χ3n) is 2.79. The number of aryl methyl sites for hydroxylation is 1. The molecule has 78 valence electrons. The van der Waals surface area contributed by atoms with Gasteiger partial charge in [-0.1, -0.05) is 0 Å². The molecule has 3 heterocycles. The number of hydrogen-bond acceptors (Lipinski definition) is 4. The van der Waals surface area contributed by atoms with Crippen LogP contribution in [0.3, 0.4) is 0 Å². The molecule has 0 saturated heterocycles. The maximum atomic E-state index is 4.57. The van der Waals surface area contributed by atoms with Crippen molar-refractivity contribution in [2.24, 2.45) is 14.1 Å². The fourth-order valence-corrected chi connectivity index (χ4v) is 1.95. The van der Waals surface area contributed by atoms with Crippen LogP contribution in [0.5, 0.6) is 0 Å². The first-order valence-corrected chi connectivity index (χ1v) is 4.87. The van der Waals surface area contributed by atoms with E-state index in [0.717, 1.165) is 30.4 Å². The van der Waals surface area contributed by atoms with Gasteiger partial charge >= 0.3 is 0 Å². The summed E-state index contributed by atoms with van der Waals surface area (Å²) in [6.45, 7) is 1.73. The summed E-state index contributed by atoms with van der Waals surface area (Å²) in [4.78, 5) is 8.78. The summed E-state index contributed by atoms with van der Waals surface area (Å²) in [5.41, 5.74) is 2.36. The lowest BCUT2D eigenvalue weighted by atomic mass is 10.4. The van der Waals surface area contributed by atoms with Crippen molar-refractivity contribution < 1.29 is 0 Å². The van der Waals surface area contributed by atoms with Crippen LogP contribution < -0.4 is 5.32 Å². The highest BCUT2D eigenvalue weighted by atomic mass is 15.3. The van der Waals surface area contributed by atoms with Crippen molar-refractivity contribution in [1.82, 2.24) is 29.6 Å². The van der Waals surface area contributed by atoms with E-state index in [9.17, 15) is 0 Å². The van der Waals surface area contributed by atoms with E-state index in [0.29, 0.717) is 0 Å². The maximum absolute atomic E-state index is 4.57. The van der Waals surface area contributed by atoms with E-state index < -0.39 is 0 Å². The predicted molar refractivity (Wildman–Crippen MR) is 53.7 cm³/mol. The highest BCUT2D eigenvalue weighted by Gasteiger charge is 2.21. The minimum atomic E-state index is 0.812. The van der Waals surface area contributed by atoms with Crippen LogP contribution in [0.4, 0.5) is 0 Å². The average Bonchev–Trinajstić information content (AvgIpc) is 2.85. The summed E-state index contributed by atoms with van der Waals surface area (Å²) in [6.07, 6.45) is 1.55. The van der Waals surface area contributed by atoms with Crippen molar-refractivity contribution in [3.05, 3.63) is 17.7 Å². The van der Waals surface area contributed by atoms with Gasteiger partial charge in [-0.3, -0.25) is 0 Å². The van der Waals surface area contributed by atoms with Crippen molar-refractivity contribution in [2.75, 3.05) is 0 Å². The Labute approximate surface area is 87.0 Å². The first-order chi connectivity index (χ1) is 7.27. The second kappa shape index (κ2) is 2.90. The molecule has 6 nitrogen and oxygen atoms in total. The highest BCUT2D eigenvalue weighted by molar-refractivity contribution is 5.47. The molecule has 1 N–H and O–H groups in total. The molecule has 0 bridgehead atoms. The lowest BCUT2D eigenvalue weighted by Gasteiger charge is -2.03. The van der Waals surface area contributed by atoms with Crippen LogP contribution in [0.15, 0.2) is 6.33 Å². The van der Waals surface area contributed by atoms with Crippen molar-refractivity contribution >= 4 is 0 Å². The van der Waals surface area contributed by atoms with Crippen LogP contribution in [0.1, 0.15) is 11.4 Å². The van der Waals surface area contributed by atoms with Gasteiger partial charge in [0.2, 0.25) is 0 Å². The number of imidazole rings is 1. The number of aromatic nitrogens is 5. The van der Waals surface area contributed by atoms with Crippen molar-refractivity contribution in [1.29, 1.82) is 0 Å². The maximum Gasteiger partial charge on any atom is 0.194 e. The fourth-order valence-electron chi connectivity index (χ4n) is 1.95. The fraction of sp³-hybridized carbons (Fsp3) is 0.444. The largest absolute Gasteiger partial charge is 0.327 e. The molecule has 0 amide bonds. The Morgan fingerprint density at radius 1 is 1.27 bits per heavy atom. The Balaban J connectivity index is 2.18. The van der Waals surface area contributed by atoms with E-state index in [4.69, 9.17) is 0 Å². The quantitative estimate of drug-likeness (QED) is 0.700. The predicted octanol–water partition coefficient (Wildman–Crippen LogP) is -0.181. The van der Waals surface area contributed by atoms with Crippen molar-refractivity contribution in [3.8, 4) is 11.6 Å². The first kappa shape index (κ1) is 8.60. The van der Waals surface area contributed by atoms with Gasteiger partial charge in [0, 0.05) is 27.2 Å². The standard InChI is InChI=1S/C9H12N6/c1-14-7-4-10-3-6(7)13-9(14)8-11-5-12-15(8)2/h5,10H,3-4H2,1-2H3. The number of nitrogens with one attached hydrogen (secondary N) is 1. The number of rotatable bonds is 1. The lowest BCUT2D eigenvalue weighted by Crippen LogP contribution is -2.08. The van der Waals surface area contributed by atoms with E-state index in [2.05, 4.69) is 25.0 Å². The third-order valence-corrected chi connectivity index (χ3v) is 2.79. The average molecular weight is 204 g/mol. The molecule has 6 heteroatoms. The smallest absolute Gasteiger partial charge is 0.194 e. The molecule has 0 aliphatic carbocycles. The van der Waals surface area contributed by atoms with E-state index >= 15 is 0 Å². The summed E-state index contributed by atoms with van der Waals surface area (Å²) >= 11 is 0. The normalized spacial score (nSPS) is 14.5. The Morgan fingerprint density at radius 3 is 2.80 bits per heavy atom. The molecule has 0 unspecified atom stereocenters. The minimum Gasteiger partial charge on any atom is -0.327 e. The second-order valence-corrected chi connectivity index (χ2v) is 3.70. The zero-order chi connectivity index (χ0) is 10.4. The Kier molecular flexibility index (Phi) is 1.66. The molecule has 0 fully saturated rings. The van der Waals surface area contributed by atoms with Crippen LogP contribution in [0.2, 0.25) is 0 Å². The summed E-state index contributed by atoms with van der Waals surface area (Å²) < 4.78 is 3.82. The third kappa shape index (κ3) is 1.11. The van der Waals surface area contributed by atoms with E-state index in [1.54, 1.807) is 11.0 Å². The van der Waals surface area contributed by atoms with Gasteiger partial charge in [0.1, 0.15) is 6.33 Å². The van der Waals surface area contributed by atoms with E-state index in [1.165, 1.54) is 5.69 Å². The van der Waals surface area contributed by atoms with E-state index in [1.807, 2.05) is 14.1 Å². The van der Waals surface area contributed by atoms with Crippen LogP contribution >= 0.6 is 0 Å². The van der Waals surface area contributed by atoms with Crippen LogP contribution in [0, 0.1) is 0 Å². The Hall–Kier alpha value is -1.69. The van der Waals surface area contributed by atoms with Crippen LogP contribution in [0.25, 0.3) is 11.6 Å². The molecule has 1 aliphatic heterocycles. The summed E-state index contributed by atoms with van der Waals surface area (Å²) in [5, 5.41) is 7.32. The zero-order valence-electron chi connectivity index (χ0n) is 8.73. The molecular weight excluding hydrogens is 192 g/mol. The molecule has 15 heavy (non-hydrogen) atoms. The molecular formula is C9H12N6. The molecule has 3 rings (SSSR count). The van der Waals surface area contributed by atoms with Gasteiger partial charge in [-0.15, -0.1) is 0 Å². The number of fused-ring (bicyclic) bond motifs is 1. The number of nitrogens with zero attached hydrogens (tertiary/aromatic N) is 5. The summed E-state index contributed by atoms with van der Waals surface area (Å²) in [7, 11) is 3.89.